The van der Waals surface area contributed by atoms with Crippen molar-refractivity contribution in [3.05, 3.63) is 41.5 Å². The molecule has 0 saturated carbocycles. The van der Waals surface area contributed by atoms with E-state index in [0.29, 0.717) is 5.56 Å². The van der Waals surface area contributed by atoms with E-state index in [2.05, 4.69) is 4.74 Å². The van der Waals surface area contributed by atoms with E-state index in [4.69, 9.17) is 5.26 Å². The molecule has 0 fully saturated rings. The summed E-state index contributed by atoms with van der Waals surface area (Å²) in [5, 5.41) is 8.60. The SMILES string of the molecule is CCOC(=O)C(=O)C=Cc1ccc(C#N)cc1. The molecule has 0 amide bonds. The Bertz CT molecular complexity index is 480. The fourth-order valence-corrected chi connectivity index (χ4v) is 1.11. The van der Waals surface area contributed by atoms with Gasteiger partial charge in [0.05, 0.1) is 18.2 Å². The number of hydrogen-bond donors (Lipinski definition) is 0. The van der Waals surface area contributed by atoms with Gasteiger partial charge in [-0.25, -0.2) is 4.79 Å². The van der Waals surface area contributed by atoms with E-state index in [1.165, 1.54) is 6.08 Å². The Labute approximate surface area is 99.1 Å². The van der Waals surface area contributed by atoms with Gasteiger partial charge in [-0.2, -0.15) is 5.26 Å². The summed E-state index contributed by atoms with van der Waals surface area (Å²) in [5.74, 6) is -1.56. The largest absolute Gasteiger partial charge is 0.460 e. The molecule has 1 aromatic carbocycles. The van der Waals surface area contributed by atoms with E-state index in [1.807, 2.05) is 6.07 Å². The first-order chi connectivity index (χ1) is 8.17. The van der Waals surface area contributed by atoms with Gasteiger partial charge in [-0.05, 0) is 30.7 Å². The van der Waals surface area contributed by atoms with Crippen molar-refractivity contribution < 1.29 is 14.3 Å². The Morgan fingerprint density at radius 3 is 2.53 bits per heavy atom. The number of nitrogens with zero attached hydrogens (tertiary/aromatic N) is 1. The summed E-state index contributed by atoms with van der Waals surface area (Å²) in [6, 6.07) is 8.63. The highest BCUT2D eigenvalue weighted by Gasteiger charge is 2.09. The lowest BCUT2D eigenvalue weighted by atomic mass is 10.1. The van der Waals surface area contributed by atoms with Gasteiger partial charge in [0.1, 0.15) is 0 Å². The van der Waals surface area contributed by atoms with E-state index >= 15 is 0 Å². The van der Waals surface area contributed by atoms with Crippen molar-refractivity contribution in [3.8, 4) is 6.07 Å². The quantitative estimate of drug-likeness (QED) is 0.447. The van der Waals surface area contributed by atoms with Crippen LogP contribution in [0.1, 0.15) is 18.1 Å². The number of ether oxygens (including phenoxy) is 1. The van der Waals surface area contributed by atoms with Crippen LogP contribution in [0.25, 0.3) is 6.08 Å². The van der Waals surface area contributed by atoms with Crippen molar-refractivity contribution in [2.75, 3.05) is 6.61 Å². The molecular formula is C13H11NO3. The molecule has 0 aliphatic rings. The second-order valence-electron chi connectivity index (χ2n) is 3.15. The van der Waals surface area contributed by atoms with Crippen LogP contribution in [0.4, 0.5) is 0 Å². The van der Waals surface area contributed by atoms with Crippen LogP contribution in [0.15, 0.2) is 30.3 Å². The summed E-state index contributed by atoms with van der Waals surface area (Å²) in [6.45, 7) is 1.81. The molecule has 0 radical (unpaired) electrons. The van der Waals surface area contributed by atoms with Crippen LogP contribution < -0.4 is 0 Å². The van der Waals surface area contributed by atoms with Gasteiger partial charge in [-0.1, -0.05) is 18.2 Å². The minimum absolute atomic E-state index is 0.176. The summed E-state index contributed by atoms with van der Waals surface area (Å²) in [4.78, 5) is 22.2. The predicted molar refractivity (Wildman–Crippen MR) is 61.8 cm³/mol. The Kier molecular flexibility index (Phi) is 4.64. The van der Waals surface area contributed by atoms with Crippen LogP contribution in [0.5, 0.6) is 0 Å². The maximum atomic E-state index is 11.2. The van der Waals surface area contributed by atoms with Gasteiger partial charge in [-0.15, -0.1) is 0 Å². The van der Waals surface area contributed by atoms with Crippen molar-refractivity contribution in [1.82, 2.24) is 0 Å². The summed E-state index contributed by atoms with van der Waals surface area (Å²) in [6.07, 6.45) is 2.65. The van der Waals surface area contributed by atoms with Crippen LogP contribution in [-0.4, -0.2) is 18.4 Å². The minimum atomic E-state index is -0.864. The van der Waals surface area contributed by atoms with Crippen LogP contribution >= 0.6 is 0 Å². The van der Waals surface area contributed by atoms with E-state index in [0.717, 1.165) is 11.6 Å². The van der Waals surface area contributed by atoms with E-state index in [-0.39, 0.29) is 6.61 Å². The first kappa shape index (κ1) is 12.7. The summed E-state index contributed by atoms with van der Waals surface area (Å²) >= 11 is 0. The molecule has 0 aliphatic heterocycles. The van der Waals surface area contributed by atoms with Gasteiger partial charge in [0.25, 0.3) is 5.78 Å². The molecule has 0 saturated heterocycles. The zero-order valence-corrected chi connectivity index (χ0v) is 9.34. The number of esters is 1. The molecule has 0 heterocycles. The Hall–Kier alpha value is -2.41. The van der Waals surface area contributed by atoms with Gasteiger partial charge in [0.2, 0.25) is 0 Å². The number of hydrogen-bond acceptors (Lipinski definition) is 4. The van der Waals surface area contributed by atoms with E-state index in [9.17, 15) is 9.59 Å². The average Bonchev–Trinajstić information content (AvgIpc) is 2.36. The van der Waals surface area contributed by atoms with Gasteiger partial charge in [0, 0.05) is 0 Å². The van der Waals surface area contributed by atoms with Crippen molar-refractivity contribution in [1.29, 1.82) is 5.26 Å². The highest BCUT2D eigenvalue weighted by atomic mass is 16.5. The molecule has 4 nitrogen and oxygen atoms in total. The molecule has 0 bridgehead atoms. The normalized spacial score (nSPS) is 9.88. The number of nitriles is 1. The van der Waals surface area contributed by atoms with Crippen molar-refractivity contribution in [2.45, 2.75) is 6.92 Å². The third-order valence-corrected chi connectivity index (χ3v) is 1.94. The zero-order chi connectivity index (χ0) is 12.7. The lowest BCUT2D eigenvalue weighted by Crippen LogP contribution is -2.14. The Balaban J connectivity index is 2.67. The van der Waals surface area contributed by atoms with Gasteiger partial charge in [-0.3, -0.25) is 4.79 Å². The number of ketones is 1. The predicted octanol–water partition coefficient (Wildman–Crippen LogP) is 1.70. The van der Waals surface area contributed by atoms with Gasteiger partial charge < -0.3 is 4.74 Å². The van der Waals surface area contributed by atoms with Crippen LogP contribution in [0.3, 0.4) is 0 Å². The molecule has 0 spiro atoms. The molecule has 0 unspecified atom stereocenters. The first-order valence-electron chi connectivity index (χ1n) is 5.06. The number of rotatable bonds is 4. The third-order valence-electron chi connectivity index (χ3n) is 1.94. The maximum absolute atomic E-state index is 11.2. The Morgan fingerprint density at radius 1 is 1.35 bits per heavy atom. The second kappa shape index (κ2) is 6.23. The number of benzene rings is 1. The second-order valence-corrected chi connectivity index (χ2v) is 3.15. The summed E-state index contributed by atoms with van der Waals surface area (Å²) < 4.78 is 4.55. The third kappa shape index (κ3) is 3.92. The number of carbonyl (C=O) groups is 2. The average molecular weight is 229 g/mol. The van der Waals surface area contributed by atoms with E-state index in [1.54, 1.807) is 31.2 Å². The molecule has 0 aliphatic carbocycles. The molecule has 4 heteroatoms. The van der Waals surface area contributed by atoms with E-state index < -0.39 is 11.8 Å². The molecule has 1 rings (SSSR count). The van der Waals surface area contributed by atoms with Gasteiger partial charge in [0.15, 0.2) is 0 Å². The van der Waals surface area contributed by atoms with Crippen molar-refractivity contribution in [3.63, 3.8) is 0 Å². The fraction of sp³-hybridized carbons (Fsp3) is 0.154. The molecule has 86 valence electrons. The molecular weight excluding hydrogens is 218 g/mol. The lowest BCUT2D eigenvalue weighted by molar-refractivity contribution is -0.151. The highest BCUT2D eigenvalue weighted by Crippen LogP contribution is 2.05. The van der Waals surface area contributed by atoms with Crippen LogP contribution in [0.2, 0.25) is 0 Å². The lowest BCUT2D eigenvalue weighted by Gasteiger charge is -1.96. The summed E-state index contributed by atoms with van der Waals surface area (Å²) in [7, 11) is 0. The van der Waals surface area contributed by atoms with Crippen LogP contribution in [0, 0.1) is 11.3 Å². The molecule has 1 aromatic rings. The van der Waals surface area contributed by atoms with Gasteiger partial charge >= 0.3 is 5.97 Å². The molecule has 0 atom stereocenters. The zero-order valence-electron chi connectivity index (χ0n) is 9.34. The monoisotopic (exact) mass is 229 g/mol. The topological polar surface area (TPSA) is 67.2 Å². The van der Waals surface area contributed by atoms with Crippen LogP contribution in [-0.2, 0) is 14.3 Å². The molecule has 0 N–H and O–H groups in total. The summed E-state index contributed by atoms with van der Waals surface area (Å²) in [5.41, 5.74) is 1.28. The first-order valence-corrected chi connectivity index (χ1v) is 5.06. The standard InChI is InChI=1S/C13H11NO3/c1-2-17-13(16)12(15)8-7-10-3-5-11(9-14)6-4-10/h3-8H,2H2,1H3. The molecule has 17 heavy (non-hydrogen) atoms. The highest BCUT2D eigenvalue weighted by molar-refractivity contribution is 6.39. The number of carbonyl (C=O) groups excluding carboxylic acids is 2. The fourth-order valence-electron chi connectivity index (χ4n) is 1.11. The smallest absolute Gasteiger partial charge is 0.379 e. The van der Waals surface area contributed by atoms with Crippen molar-refractivity contribution >= 4 is 17.8 Å². The molecule has 0 aromatic heterocycles. The Morgan fingerprint density at radius 2 is 2.00 bits per heavy atom. The van der Waals surface area contributed by atoms with Crippen molar-refractivity contribution in [2.24, 2.45) is 0 Å². The maximum Gasteiger partial charge on any atom is 0.379 e. The minimum Gasteiger partial charge on any atom is -0.460 e.